The molecule has 6 aromatic rings. The van der Waals surface area contributed by atoms with Crippen molar-refractivity contribution >= 4 is 45.1 Å². The Morgan fingerprint density at radius 2 is 1.26 bits per heavy atom. The zero-order chi connectivity index (χ0) is 37.7. The molecule has 0 fully saturated rings. The highest BCUT2D eigenvalue weighted by Gasteiger charge is 2.12. The van der Waals surface area contributed by atoms with E-state index in [1.807, 2.05) is 66.7 Å². The number of fused-ring (bicyclic) bond motifs is 2. The largest absolute Gasteiger partial charge is 0.493 e. The van der Waals surface area contributed by atoms with Gasteiger partial charge < -0.3 is 18.9 Å². The summed E-state index contributed by atoms with van der Waals surface area (Å²) < 4.78 is 21.7. The minimum absolute atomic E-state index is 0.263. The third-order valence-corrected chi connectivity index (χ3v) is 9.73. The number of methoxy groups -OCH3 is 1. The fourth-order valence-electron chi connectivity index (χ4n) is 6.44. The maximum absolute atomic E-state index is 13.1. The second kappa shape index (κ2) is 19.1. The molecule has 0 spiro atoms. The van der Waals surface area contributed by atoms with Crippen molar-refractivity contribution in [2.75, 3.05) is 26.9 Å². The number of unbranched alkanes of at least 4 members (excludes halogenated alkanes) is 4. The average Bonchev–Trinajstić information content (AvgIpc) is 3.20. The van der Waals surface area contributed by atoms with Crippen LogP contribution in [0.5, 0.6) is 11.5 Å². The Bertz CT molecular complexity index is 2230. The average molecular weight is 741 g/mol. The summed E-state index contributed by atoms with van der Waals surface area (Å²) >= 11 is 6.87. The summed E-state index contributed by atoms with van der Waals surface area (Å²) in [6, 6.07) is 37.9. The molecule has 0 atom stereocenters. The van der Waals surface area contributed by atoms with Crippen LogP contribution in [-0.4, -0.2) is 38.9 Å². The smallest absolute Gasteiger partial charge is 0.343 e. The number of benzene rings is 6. The first-order valence-corrected chi connectivity index (χ1v) is 18.9. The summed E-state index contributed by atoms with van der Waals surface area (Å²) in [6.07, 6.45) is 8.89. The van der Waals surface area contributed by atoms with Crippen molar-refractivity contribution in [2.24, 2.45) is 0 Å². The van der Waals surface area contributed by atoms with Crippen LogP contribution >= 0.6 is 11.6 Å². The van der Waals surface area contributed by atoms with Gasteiger partial charge in [-0.15, -0.1) is 0 Å². The molecule has 54 heavy (non-hydrogen) atoms. The summed E-state index contributed by atoms with van der Waals surface area (Å²) in [7, 11) is 1.76. The lowest BCUT2D eigenvalue weighted by Gasteiger charge is -2.11. The first-order valence-electron chi connectivity index (χ1n) is 18.5. The lowest BCUT2D eigenvalue weighted by Crippen LogP contribution is -2.08. The number of hydrogen-bond acceptors (Lipinski definition) is 6. The van der Waals surface area contributed by atoms with Gasteiger partial charge in [0, 0.05) is 36.8 Å². The molecule has 0 amide bonds. The summed E-state index contributed by atoms with van der Waals surface area (Å²) in [5.41, 5.74) is 6.02. The Morgan fingerprint density at radius 1 is 0.611 bits per heavy atom. The summed E-state index contributed by atoms with van der Waals surface area (Å²) in [5.74, 6) is 0.276. The number of rotatable bonds is 18. The summed E-state index contributed by atoms with van der Waals surface area (Å²) in [5, 5.41) is 4.47. The predicted octanol–water partition coefficient (Wildman–Crippen LogP) is 11.8. The van der Waals surface area contributed by atoms with Gasteiger partial charge in [0.2, 0.25) is 0 Å². The van der Waals surface area contributed by atoms with Gasteiger partial charge in [0.25, 0.3) is 0 Å². The van der Waals surface area contributed by atoms with E-state index in [9.17, 15) is 9.59 Å². The third kappa shape index (κ3) is 10.4. The topological polar surface area (TPSA) is 71.1 Å². The van der Waals surface area contributed by atoms with E-state index in [-0.39, 0.29) is 6.61 Å². The molecule has 0 radical (unpaired) electrons. The van der Waals surface area contributed by atoms with Gasteiger partial charge in [-0.2, -0.15) is 0 Å². The number of hydrogen-bond donors (Lipinski definition) is 0. The van der Waals surface area contributed by atoms with Crippen molar-refractivity contribution in [3.05, 3.63) is 144 Å². The van der Waals surface area contributed by atoms with Crippen molar-refractivity contribution in [1.82, 2.24) is 0 Å². The first kappa shape index (κ1) is 38.3. The molecule has 6 rings (SSSR count). The van der Waals surface area contributed by atoms with Gasteiger partial charge in [-0.05, 0) is 112 Å². The lowest BCUT2D eigenvalue weighted by molar-refractivity contribution is -0.137. The predicted molar refractivity (Wildman–Crippen MR) is 219 cm³/mol. The van der Waals surface area contributed by atoms with Crippen molar-refractivity contribution in [2.45, 2.75) is 44.9 Å². The van der Waals surface area contributed by atoms with E-state index in [0.29, 0.717) is 35.1 Å². The van der Waals surface area contributed by atoms with E-state index in [0.717, 1.165) is 69.3 Å². The molecule has 0 bridgehead atoms. The van der Waals surface area contributed by atoms with E-state index in [1.54, 1.807) is 13.2 Å². The van der Waals surface area contributed by atoms with E-state index in [2.05, 4.69) is 49.0 Å². The Labute approximate surface area is 322 Å². The van der Waals surface area contributed by atoms with Crippen molar-refractivity contribution in [3.63, 3.8) is 0 Å². The standard InChI is InChI=1S/C47H45ClO6/c1-3-46(49)53-27-9-26-52-42-22-19-36-29-41(18-16-37(36)30-42)47(50)54-43-23-20-35-28-40(17-15-38(35)31-43)44-24-21-39(32-45(44)48)34-13-11-33(12-14-34)10-7-5-4-6-8-25-51-2/h3,11-24,28-32H,1,4-10,25-27H2,2H3. The molecule has 0 saturated heterocycles. The number of carbonyl (C=O) groups is 2. The van der Waals surface area contributed by atoms with Crippen molar-refractivity contribution in [1.29, 1.82) is 0 Å². The number of carbonyl (C=O) groups excluding carboxylic acids is 2. The number of aryl methyl sites for hydroxylation is 1. The van der Waals surface area contributed by atoms with Gasteiger partial charge in [-0.1, -0.05) is 104 Å². The highest BCUT2D eigenvalue weighted by molar-refractivity contribution is 6.33. The SMILES string of the molecule is C=CC(=O)OCCCOc1ccc2cc(C(=O)Oc3ccc4cc(-c5ccc(-c6ccc(CCCCCCCOC)cc6)cc5Cl)ccc4c3)ccc2c1. The number of ether oxygens (including phenoxy) is 4. The Hall–Kier alpha value is -5.43. The normalized spacial score (nSPS) is 11.1. The van der Waals surface area contributed by atoms with E-state index in [4.69, 9.17) is 30.5 Å². The maximum atomic E-state index is 13.1. The lowest BCUT2D eigenvalue weighted by atomic mass is 9.97. The number of esters is 2. The van der Waals surface area contributed by atoms with Gasteiger partial charge in [-0.3, -0.25) is 0 Å². The molecule has 0 aromatic heterocycles. The maximum Gasteiger partial charge on any atom is 0.343 e. The van der Waals surface area contributed by atoms with Crippen molar-refractivity contribution in [3.8, 4) is 33.8 Å². The van der Waals surface area contributed by atoms with E-state index >= 15 is 0 Å². The van der Waals surface area contributed by atoms with Crippen LogP contribution in [0.2, 0.25) is 5.02 Å². The third-order valence-electron chi connectivity index (χ3n) is 9.42. The van der Waals surface area contributed by atoms with Gasteiger partial charge in [-0.25, -0.2) is 9.59 Å². The molecule has 0 unspecified atom stereocenters. The highest BCUT2D eigenvalue weighted by Crippen LogP contribution is 2.35. The van der Waals surface area contributed by atoms with Crippen LogP contribution in [0.15, 0.2) is 128 Å². The second-order valence-electron chi connectivity index (χ2n) is 13.3. The van der Waals surface area contributed by atoms with E-state index in [1.165, 1.54) is 31.2 Å². The fraction of sp³-hybridized carbons (Fsp3) is 0.234. The quantitative estimate of drug-likeness (QED) is 0.0378. The van der Waals surface area contributed by atoms with Crippen LogP contribution in [0.3, 0.4) is 0 Å². The van der Waals surface area contributed by atoms with Crippen LogP contribution in [0.25, 0.3) is 43.8 Å². The molecule has 0 aliphatic rings. The highest BCUT2D eigenvalue weighted by atomic mass is 35.5. The Morgan fingerprint density at radius 3 is 2.04 bits per heavy atom. The minimum atomic E-state index is -0.447. The molecular weight excluding hydrogens is 696 g/mol. The molecule has 0 heterocycles. The molecule has 7 heteroatoms. The molecule has 0 aliphatic carbocycles. The fourth-order valence-corrected chi connectivity index (χ4v) is 6.73. The first-order chi connectivity index (χ1) is 26.4. The van der Waals surface area contributed by atoms with Crippen LogP contribution in [0.1, 0.15) is 54.4 Å². The molecule has 0 aliphatic heterocycles. The minimum Gasteiger partial charge on any atom is -0.493 e. The molecule has 6 nitrogen and oxygen atoms in total. The molecule has 0 saturated carbocycles. The zero-order valence-electron chi connectivity index (χ0n) is 30.7. The Balaban J connectivity index is 1.04. The molecule has 0 N–H and O–H groups in total. The molecule has 6 aromatic carbocycles. The van der Waals surface area contributed by atoms with Crippen LogP contribution < -0.4 is 9.47 Å². The van der Waals surface area contributed by atoms with E-state index < -0.39 is 11.9 Å². The summed E-state index contributed by atoms with van der Waals surface area (Å²) in [6.45, 7) is 4.90. The second-order valence-corrected chi connectivity index (χ2v) is 13.7. The van der Waals surface area contributed by atoms with Gasteiger partial charge in [0.05, 0.1) is 18.8 Å². The number of halogens is 1. The monoisotopic (exact) mass is 740 g/mol. The van der Waals surface area contributed by atoms with Crippen LogP contribution in [-0.2, 0) is 20.7 Å². The van der Waals surface area contributed by atoms with Gasteiger partial charge in [0.15, 0.2) is 0 Å². The van der Waals surface area contributed by atoms with Gasteiger partial charge >= 0.3 is 11.9 Å². The summed E-state index contributed by atoms with van der Waals surface area (Å²) in [4.78, 5) is 24.3. The van der Waals surface area contributed by atoms with Crippen molar-refractivity contribution < 1.29 is 28.5 Å². The zero-order valence-corrected chi connectivity index (χ0v) is 31.4. The van der Waals surface area contributed by atoms with Crippen LogP contribution in [0, 0.1) is 0 Å². The van der Waals surface area contributed by atoms with Gasteiger partial charge in [0.1, 0.15) is 11.5 Å². The Kier molecular flexibility index (Phi) is 13.5. The molecular formula is C47H45ClO6. The van der Waals surface area contributed by atoms with Crippen LogP contribution in [0.4, 0.5) is 0 Å². The molecule has 276 valence electrons.